The third-order valence-electron chi connectivity index (χ3n) is 4.57. The van der Waals surface area contributed by atoms with Crippen molar-refractivity contribution in [3.05, 3.63) is 34.9 Å². The molecule has 0 N–H and O–H groups in total. The van der Waals surface area contributed by atoms with Crippen molar-refractivity contribution in [2.45, 2.75) is 78.6 Å². The van der Waals surface area contributed by atoms with Crippen molar-refractivity contribution in [1.29, 1.82) is 0 Å². The molecule has 0 radical (unpaired) electrons. The van der Waals surface area contributed by atoms with Gasteiger partial charge in [0.2, 0.25) is 0 Å². The van der Waals surface area contributed by atoms with Gasteiger partial charge >= 0.3 is 17.9 Å². The summed E-state index contributed by atoms with van der Waals surface area (Å²) in [4.78, 5) is 36.4. The van der Waals surface area contributed by atoms with E-state index in [4.69, 9.17) is 14.2 Å². The fourth-order valence-electron chi connectivity index (χ4n) is 2.75. The normalized spacial score (nSPS) is 10.5. The van der Waals surface area contributed by atoms with Crippen molar-refractivity contribution in [3.63, 3.8) is 0 Å². The van der Waals surface area contributed by atoms with Crippen molar-refractivity contribution >= 4 is 17.9 Å². The van der Waals surface area contributed by atoms with Crippen molar-refractivity contribution in [2.75, 3.05) is 19.8 Å². The van der Waals surface area contributed by atoms with Gasteiger partial charge in [-0.25, -0.2) is 0 Å². The van der Waals surface area contributed by atoms with Crippen molar-refractivity contribution in [3.8, 4) is 0 Å². The maximum Gasteiger partial charge on any atom is 0.310 e. The van der Waals surface area contributed by atoms with E-state index in [0.717, 1.165) is 44.1 Å². The number of hydrogen-bond donors (Lipinski definition) is 0. The average molecular weight is 421 g/mol. The second kappa shape index (κ2) is 15.5. The molecule has 168 valence electrons. The van der Waals surface area contributed by atoms with E-state index >= 15 is 0 Å². The topological polar surface area (TPSA) is 78.9 Å². The monoisotopic (exact) mass is 420 g/mol. The first kappa shape index (κ1) is 25.7. The zero-order chi connectivity index (χ0) is 22.2. The van der Waals surface area contributed by atoms with E-state index < -0.39 is 0 Å². The molecule has 0 saturated heterocycles. The van der Waals surface area contributed by atoms with Gasteiger partial charge in [0.25, 0.3) is 0 Å². The molecule has 0 saturated carbocycles. The van der Waals surface area contributed by atoms with Crippen LogP contribution in [0.25, 0.3) is 0 Å². The molecule has 0 atom stereocenters. The molecule has 0 fully saturated rings. The van der Waals surface area contributed by atoms with Gasteiger partial charge in [-0.05, 0) is 36.0 Å². The molecule has 1 aromatic rings. The first-order valence-electron chi connectivity index (χ1n) is 11.1. The Morgan fingerprint density at radius 1 is 0.633 bits per heavy atom. The summed E-state index contributed by atoms with van der Waals surface area (Å²) < 4.78 is 15.7. The lowest BCUT2D eigenvalue weighted by molar-refractivity contribution is -0.144. The van der Waals surface area contributed by atoms with Crippen LogP contribution in [0.15, 0.2) is 18.2 Å². The standard InChI is InChI=1S/C24H36O6/c1-4-7-12-28-22(25)16-19-10-11-20(17-23(26)29-13-8-5-2)21(15-19)18-24(27)30-14-9-6-3/h10-11,15H,4-9,12-14,16-18H2,1-3H3. The van der Waals surface area contributed by atoms with Crippen LogP contribution in [0.3, 0.4) is 0 Å². The average Bonchev–Trinajstić information content (AvgIpc) is 2.70. The summed E-state index contributed by atoms with van der Waals surface area (Å²) in [7, 11) is 0. The van der Waals surface area contributed by atoms with Crippen molar-refractivity contribution in [1.82, 2.24) is 0 Å². The minimum absolute atomic E-state index is 0.0556. The highest BCUT2D eigenvalue weighted by Crippen LogP contribution is 2.16. The SMILES string of the molecule is CCCCOC(=O)Cc1ccc(CC(=O)OCCCC)c(CC(=O)OCCCC)c1. The fourth-order valence-corrected chi connectivity index (χ4v) is 2.75. The molecule has 0 aromatic heterocycles. The lowest BCUT2D eigenvalue weighted by atomic mass is 9.97. The van der Waals surface area contributed by atoms with Gasteiger partial charge < -0.3 is 14.2 Å². The van der Waals surface area contributed by atoms with Crippen LogP contribution in [-0.2, 0) is 47.9 Å². The van der Waals surface area contributed by atoms with E-state index in [9.17, 15) is 14.4 Å². The Morgan fingerprint density at radius 2 is 1.07 bits per heavy atom. The van der Waals surface area contributed by atoms with Gasteiger partial charge in [0.15, 0.2) is 0 Å². The number of carbonyl (C=O) groups is 3. The lowest BCUT2D eigenvalue weighted by Gasteiger charge is -2.12. The van der Waals surface area contributed by atoms with E-state index in [1.807, 2.05) is 20.8 Å². The largest absolute Gasteiger partial charge is 0.465 e. The third kappa shape index (κ3) is 11.0. The van der Waals surface area contributed by atoms with Gasteiger partial charge in [-0.1, -0.05) is 58.2 Å². The van der Waals surface area contributed by atoms with Crippen LogP contribution in [-0.4, -0.2) is 37.7 Å². The Morgan fingerprint density at radius 3 is 1.53 bits per heavy atom. The van der Waals surface area contributed by atoms with Gasteiger partial charge in [0.1, 0.15) is 0 Å². The molecule has 30 heavy (non-hydrogen) atoms. The smallest absolute Gasteiger partial charge is 0.310 e. The summed E-state index contributed by atoms with van der Waals surface area (Å²) in [6.07, 6.45) is 5.59. The Bertz CT molecular complexity index is 668. The maximum absolute atomic E-state index is 12.2. The molecule has 0 unspecified atom stereocenters. The van der Waals surface area contributed by atoms with E-state index in [0.29, 0.717) is 30.9 Å². The van der Waals surface area contributed by atoms with Crippen LogP contribution in [0.1, 0.15) is 76.0 Å². The van der Waals surface area contributed by atoms with Crippen molar-refractivity contribution in [2.24, 2.45) is 0 Å². The molecule has 0 bridgehead atoms. The van der Waals surface area contributed by atoms with E-state index in [2.05, 4.69) is 0 Å². The first-order valence-corrected chi connectivity index (χ1v) is 11.1. The minimum atomic E-state index is -0.341. The lowest BCUT2D eigenvalue weighted by Crippen LogP contribution is -2.15. The van der Waals surface area contributed by atoms with E-state index in [-0.39, 0.29) is 37.2 Å². The van der Waals surface area contributed by atoms with Crippen LogP contribution in [0, 0.1) is 0 Å². The molecule has 0 aliphatic rings. The minimum Gasteiger partial charge on any atom is -0.465 e. The third-order valence-corrected chi connectivity index (χ3v) is 4.57. The predicted molar refractivity (Wildman–Crippen MR) is 115 cm³/mol. The molecule has 1 rings (SSSR count). The Balaban J connectivity index is 2.84. The highest BCUT2D eigenvalue weighted by molar-refractivity contribution is 5.77. The Kier molecular flexibility index (Phi) is 13.2. The summed E-state index contributed by atoms with van der Waals surface area (Å²) in [6, 6.07) is 5.36. The molecular weight excluding hydrogens is 384 g/mol. The van der Waals surface area contributed by atoms with Crippen LogP contribution >= 0.6 is 0 Å². The summed E-state index contributed by atoms with van der Waals surface area (Å²) in [6.45, 7) is 7.28. The fraction of sp³-hybridized carbons (Fsp3) is 0.625. The molecule has 0 heterocycles. The highest BCUT2D eigenvalue weighted by Gasteiger charge is 2.15. The summed E-state index contributed by atoms with van der Waals surface area (Å²) >= 11 is 0. The number of esters is 3. The predicted octanol–water partition coefficient (Wildman–Crippen LogP) is 4.34. The number of rotatable bonds is 15. The van der Waals surface area contributed by atoms with Crippen molar-refractivity contribution < 1.29 is 28.6 Å². The second-order valence-corrected chi connectivity index (χ2v) is 7.36. The van der Waals surface area contributed by atoms with Crippen LogP contribution in [0.2, 0.25) is 0 Å². The summed E-state index contributed by atoms with van der Waals surface area (Å²) in [5, 5.41) is 0. The number of ether oxygens (including phenoxy) is 3. The molecule has 0 spiro atoms. The number of benzene rings is 1. The van der Waals surface area contributed by atoms with Gasteiger partial charge in [0, 0.05) is 0 Å². The maximum atomic E-state index is 12.2. The first-order chi connectivity index (χ1) is 14.5. The van der Waals surface area contributed by atoms with Gasteiger partial charge in [-0.3, -0.25) is 14.4 Å². The molecular formula is C24H36O6. The van der Waals surface area contributed by atoms with Crippen LogP contribution < -0.4 is 0 Å². The van der Waals surface area contributed by atoms with Gasteiger partial charge in [0.05, 0.1) is 39.1 Å². The number of carbonyl (C=O) groups excluding carboxylic acids is 3. The van der Waals surface area contributed by atoms with Crippen LogP contribution in [0.5, 0.6) is 0 Å². The molecule has 1 aromatic carbocycles. The molecule has 0 aliphatic carbocycles. The second-order valence-electron chi connectivity index (χ2n) is 7.36. The molecule has 0 aliphatic heterocycles. The van der Waals surface area contributed by atoms with Gasteiger partial charge in [-0.2, -0.15) is 0 Å². The van der Waals surface area contributed by atoms with E-state index in [1.165, 1.54) is 0 Å². The quantitative estimate of drug-likeness (QED) is 0.239. The summed E-state index contributed by atoms with van der Waals surface area (Å²) in [5.41, 5.74) is 2.14. The number of unbranched alkanes of at least 4 members (excludes halogenated alkanes) is 3. The zero-order valence-corrected chi connectivity index (χ0v) is 18.7. The molecule has 6 nitrogen and oxygen atoms in total. The van der Waals surface area contributed by atoms with E-state index in [1.54, 1.807) is 18.2 Å². The summed E-state index contributed by atoms with van der Waals surface area (Å²) in [5.74, 6) is -0.964. The Labute approximate surface area is 180 Å². The molecule has 0 amide bonds. The number of hydrogen-bond acceptors (Lipinski definition) is 6. The zero-order valence-electron chi connectivity index (χ0n) is 18.7. The molecule has 6 heteroatoms. The van der Waals surface area contributed by atoms with Gasteiger partial charge in [-0.15, -0.1) is 0 Å². The highest BCUT2D eigenvalue weighted by atomic mass is 16.5. The van der Waals surface area contributed by atoms with Crippen LogP contribution in [0.4, 0.5) is 0 Å². The Hall–Kier alpha value is -2.37.